The van der Waals surface area contributed by atoms with Crippen LogP contribution < -0.4 is 4.74 Å². The van der Waals surface area contributed by atoms with E-state index < -0.39 is 5.82 Å². The fourth-order valence-electron chi connectivity index (χ4n) is 5.62. The van der Waals surface area contributed by atoms with Crippen LogP contribution in [0.25, 0.3) is 5.57 Å². The Kier molecular flexibility index (Phi) is 8.68. The van der Waals surface area contributed by atoms with Crippen LogP contribution in [0.3, 0.4) is 0 Å². The number of carbonyl (C=O) groups is 1. The molecule has 3 heterocycles. The van der Waals surface area contributed by atoms with Gasteiger partial charge in [0.1, 0.15) is 11.5 Å². The molecule has 0 bridgehead atoms. The first-order valence-electron chi connectivity index (χ1n) is 13.8. The van der Waals surface area contributed by atoms with Crippen LogP contribution in [-0.2, 0) is 35.8 Å². The second kappa shape index (κ2) is 12.4. The molecule has 1 aliphatic carbocycles. The number of rotatable bonds is 11. The Balaban J connectivity index is 1.29. The minimum atomic E-state index is -0.472. The van der Waals surface area contributed by atoms with E-state index in [1.54, 1.807) is 18.9 Å². The molecular weight excluding hydrogens is 511 g/mol. The summed E-state index contributed by atoms with van der Waals surface area (Å²) in [6, 6.07) is 5.79. The predicted molar refractivity (Wildman–Crippen MR) is 150 cm³/mol. The van der Waals surface area contributed by atoms with E-state index >= 15 is 4.39 Å². The number of piperazine rings is 1. The van der Waals surface area contributed by atoms with Crippen molar-refractivity contribution in [3.8, 4) is 5.88 Å². The number of nitrogens with zero attached hydrogens (tertiary/aromatic N) is 6. The Labute approximate surface area is 234 Å². The Morgan fingerprint density at radius 2 is 1.95 bits per heavy atom. The second-order valence-electron chi connectivity index (χ2n) is 10.5. The lowest BCUT2D eigenvalue weighted by Crippen LogP contribution is -2.52. The summed E-state index contributed by atoms with van der Waals surface area (Å²) in [6.07, 6.45) is 6.44. The number of Topliss-reactive ketones (excluding diaryl/α,β-unsaturated/α-hetero) is 1. The zero-order valence-corrected chi connectivity index (χ0v) is 23.7. The summed E-state index contributed by atoms with van der Waals surface area (Å²) in [4.78, 5) is 26.8. The van der Waals surface area contributed by atoms with Gasteiger partial charge in [-0.3, -0.25) is 19.3 Å². The summed E-state index contributed by atoms with van der Waals surface area (Å²) in [6.45, 7) is 7.28. The van der Waals surface area contributed by atoms with E-state index in [-0.39, 0.29) is 17.5 Å². The number of halogens is 1. The molecule has 5 rings (SSSR count). The normalized spacial score (nSPS) is 16.6. The Morgan fingerprint density at radius 1 is 1.15 bits per heavy atom. The van der Waals surface area contributed by atoms with Crippen molar-refractivity contribution in [1.82, 2.24) is 29.5 Å². The van der Waals surface area contributed by atoms with Gasteiger partial charge in [0.25, 0.3) is 0 Å². The molecule has 10 heteroatoms. The Bertz CT molecular complexity index is 1400. The van der Waals surface area contributed by atoms with Gasteiger partial charge in [-0.15, -0.1) is 5.10 Å². The van der Waals surface area contributed by atoms with E-state index in [1.807, 2.05) is 44.4 Å². The summed E-state index contributed by atoms with van der Waals surface area (Å²) < 4.78 is 27.3. The third-order valence-corrected chi connectivity index (χ3v) is 7.93. The first kappa shape index (κ1) is 28.1. The first-order valence-corrected chi connectivity index (χ1v) is 13.8. The zero-order valence-electron chi connectivity index (χ0n) is 23.7. The van der Waals surface area contributed by atoms with Gasteiger partial charge >= 0.3 is 0 Å². The predicted octanol–water partition coefficient (Wildman–Crippen LogP) is 2.70. The Morgan fingerprint density at radius 3 is 2.70 bits per heavy atom. The highest BCUT2D eigenvalue weighted by Crippen LogP contribution is 2.35. The van der Waals surface area contributed by atoms with Gasteiger partial charge in [0, 0.05) is 77.1 Å². The number of carbonyl (C=O) groups excluding carboxylic acids is 1. The van der Waals surface area contributed by atoms with Crippen LogP contribution in [0.2, 0.25) is 0 Å². The van der Waals surface area contributed by atoms with Crippen LogP contribution in [0.4, 0.5) is 4.39 Å². The maximum atomic E-state index is 15.0. The number of methoxy groups -OCH3 is 2. The van der Waals surface area contributed by atoms with Crippen LogP contribution in [0.15, 0.2) is 36.7 Å². The van der Waals surface area contributed by atoms with Crippen LogP contribution in [0.5, 0.6) is 5.88 Å². The highest BCUT2D eigenvalue weighted by Gasteiger charge is 2.28. The number of hydrogen-bond donors (Lipinski definition) is 0. The van der Waals surface area contributed by atoms with Crippen molar-refractivity contribution in [3.63, 3.8) is 0 Å². The SMILES string of the molecule is COCCN1CCN([C@H](C)C(=O)Cc2cccc3c2CC=C3c2nc(Cc3cn(C)nc3OC)ncc2F)CC1. The van der Waals surface area contributed by atoms with E-state index in [0.29, 0.717) is 31.0 Å². The molecule has 2 aliphatic rings. The molecule has 1 aliphatic heterocycles. The number of ether oxygens (including phenoxy) is 2. The van der Waals surface area contributed by atoms with E-state index in [1.165, 1.54) is 6.20 Å². The largest absolute Gasteiger partial charge is 0.480 e. The summed E-state index contributed by atoms with van der Waals surface area (Å²) in [7, 11) is 5.10. The van der Waals surface area contributed by atoms with Gasteiger partial charge in [0.15, 0.2) is 11.6 Å². The lowest BCUT2D eigenvalue weighted by molar-refractivity contribution is -0.123. The van der Waals surface area contributed by atoms with Crippen LogP contribution in [0.1, 0.15) is 40.7 Å². The van der Waals surface area contributed by atoms with E-state index in [9.17, 15) is 4.79 Å². The molecule has 1 atom stereocenters. The molecule has 0 N–H and O–H groups in total. The lowest BCUT2D eigenvalue weighted by Gasteiger charge is -2.37. The van der Waals surface area contributed by atoms with Gasteiger partial charge in [-0.05, 0) is 30.0 Å². The molecule has 1 fully saturated rings. The molecule has 0 unspecified atom stereocenters. The smallest absolute Gasteiger partial charge is 0.236 e. The van der Waals surface area contributed by atoms with Gasteiger partial charge in [0.05, 0.1) is 26.0 Å². The molecule has 0 amide bonds. The van der Waals surface area contributed by atoms with E-state index in [4.69, 9.17) is 9.47 Å². The van der Waals surface area contributed by atoms with Crippen molar-refractivity contribution in [2.24, 2.45) is 7.05 Å². The molecule has 0 radical (unpaired) electrons. The number of aryl methyl sites for hydroxylation is 1. The molecule has 1 saturated heterocycles. The molecular formula is C30H37FN6O3. The molecule has 0 spiro atoms. The quantitative estimate of drug-likeness (QED) is 0.362. The topological polar surface area (TPSA) is 85.6 Å². The standard InChI is InChI=1S/C30H37FN6O3/c1-20(37-12-10-36(11-13-37)14-15-39-3)27(38)16-21-6-5-7-24-23(21)8-9-25(24)29-26(31)18-32-28(33-29)17-22-19-35(2)34-30(22)40-4/h5-7,9,18-20H,8,10-17H2,1-4H3/t20-/m1/s1. The fraction of sp³-hybridized carbons (Fsp3) is 0.467. The summed E-state index contributed by atoms with van der Waals surface area (Å²) in [5.41, 5.74) is 4.82. The highest BCUT2D eigenvalue weighted by molar-refractivity contribution is 5.88. The third kappa shape index (κ3) is 5.99. The van der Waals surface area contributed by atoms with Gasteiger partial charge in [-0.1, -0.05) is 24.3 Å². The summed E-state index contributed by atoms with van der Waals surface area (Å²) >= 11 is 0. The molecule has 1 aromatic carbocycles. The van der Waals surface area contributed by atoms with Gasteiger partial charge < -0.3 is 9.47 Å². The maximum Gasteiger partial charge on any atom is 0.236 e. The first-order chi connectivity index (χ1) is 19.4. The minimum absolute atomic E-state index is 0.152. The second-order valence-corrected chi connectivity index (χ2v) is 10.5. The number of fused-ring (bicyclic) bond motifs is 1. The van der Waals surface area contributed by atoms with Gasteiger partial charge in [-0.2, -0.15) is 0 Å². The average molecular weight is 549 g/mol. The molecule has 212 valence electrons. The van der Waals surface area contributed by atoms with Gasteiger partial charge in [-0.25, -0.2) is 14.4 Å². The van der Waals surface area contributed by atoms with Crippen LogP contribution >= 0.6 is 0 Å². The average Bonchev–Trinajstić information content (AvgIpc) is 3.56. The number of hydrogen-bond acceptors (Lipinski definition) is 8. The highest BCUT2D eigenvalue weighted by atomic mass is 19.1. The molecule has 2 aromatic heterocycles. The van der Waals surface area contributed by atoms with Crippen LogP contribution in [0, 0.1) is 5.82 Å². The van der Waals surface area contributed by atoms with Gasteiger partial charge in [0.2, 0.25) is 5.88 Å². The van der Waals surface area contributed by atoms with Crippen molar-refractivity contribution in [2.75, 3.05) is 53.6 Å². The van der Waals surface area contributed by atoms with Crippen molar-refractivity contribution in [1.29, 1.82) is 0 Å². The third-order valence-electron chi connectivity index (χ3n) is 7.93. The number of benzene rings is 1. The summed E-state index contributed by atoms with van der Waals surface area (Å²) in [5.74, 6) is 0.715. The fourth-order valence-corrected chi connectivity index (χ4v) is 5.62. The molecule has 40 heavy (non-hydrogen) atoms. The number of ketones is 1. The van der Waals surface area contributed by atoms with Crippen molar-refractivity contribution in [3.05, 3.63) is 76.3 Å². The van der Waals surface area contributed by atoms with E-state index in [0.717, 1.165) is 67.2 Å². The minimum Gasteiger partial charge on any atom is -0.480 e. The zero-order chi connectivity index (χ0) is 28.2. The van der Waals surface area contributed by atoms with Crippen molar-refractivity contribution >= 4 is 11.4 Å². The van der Waals surface area contributed by atoms with E-state index in [2.05, 4.69) is 24.9 Å². The molecule has 3 aromatic rings. The van der Waals surface area contributed by atoms with Crippen molar-refractivity contribution in [2.45, 2.75) is 32.2 Å². The number of aromatic nitrogens is 4. The monoisotopic (exact) mass is 548 g/mol. The maximum absolute atomic E-state index is 15.0. The number of allylic oxidation sites excluding steroid dienone is 1. The lowest BCUT2D eigenvalue weighted by atomic mass is 9.94. The Hall–Kier alpha value is -3.47. The van der Waals surface area contributed by atoms with Crippen LogP contribution in [-0.4, -0.2) is 94.9 Å². The molecule has 0 saturated carbocycles. The van der Waals surface area contributed by atoms with Crippen molar-refractivity contribution < 1.29 is 18.7 Å². The molecule has 9 nitrogen and oxygen atoms in total. The summed E-state index contributed by atoms with van der Waals surface area (Å²) in [5, 5.41) is 4.28.